The SMILES string of the molecule is CON=Cc1c(N)ncnc1Nc1ccc(Oc2ccccc2)cc1. The molecule has 0 unspecified atom stereocenters. The maximum atomic E-state index is 5.87. The van der Waals surface area contributed by atoms with Gasteiger partial charge in [0.1, 0.15) is 36.6 Å². The number of ether oxygens (including phenoxy) is 1. The quantitative estimate of drug-likeness (QED) is 0.528. The van der Waals surface area contributed by atoms with E-state index in [1.54, 1.807) is 0 Å². The maximum absolute atomic E-state index is 5.87. The molecule has 126 valence electrons. The van der Waals surface area contributed by atoms with Gasteiger partial charge in [0, 0.05) is 5.69 Å². The number of nitrogen functional groups attached to an aromatic ring is 1. The topological polar surface area (TPSA) is 94.7 Å². The first kappa shape index (κ1) is 16.3. The number of rotatable bonds is 6. The molecular formula is C18H17N5O2. The van der Waals surface area contributed by atoms with Crippen molar-refractivity contribution in [3.05, 3.63) is 66.5 Å². The van der Waals surface area contributed by atoms with Crippen LogP contribution in [0.5, 0.6) is 11.5 Å². The van der Waals surface area contributed by atoms with Crippen LogP contribution >= 0.6 is 0 Å². The number of oxime groups is 1. The van der Waals surface area contributed by atoms with Gasteiger partial charge in [0.05, 0.1) is 11.8 Å². The van der Waals surface area contributed by atoms with Crippen LogP contribution < -0.4 is 15.8 Å². The predicted molar refractivity (Wildman–Crippen MR) is 97.3 cm³/mol. The van der Waals surface area contributed by atoms with Crippen molar-refractivity contribution in [3.63, 3.8) is 0 Å². The first-order valence-corrected chi connectivity index (χ1v) is 7.53. The largest absolute Gasteiger partial charge is 0.457 e. The van der Waals surface area contributed by atoms with Crippen LogP contribution in [0.15, 0.2) is 66.1 Å². The normalized spacial score (nSPS) is 10.6. The van der Waals surface area contributed by atoms with Gasteiger partial charge in [-0.3, -0.25) is 0 Å². The Morgan fingerprint density at radius 2 is 1.72 bits per heavy atom. The summed E-state index contributed by atoms with van der Waals surface area (Å²) in [5, 5.41) is 6.90. The van der Waals surface area contributed by atoms with Crippen LogP contribution in [0.4, 0.5) is 17.3 Å². The maximum Gasteiger partial charge on any atom is 0.144 e. The summed E-state index contributed by atoms with van der Waals surface area (Å²) in [5.41, 5.74) is 7.24. The van der Waals surface area contributed by atoms with E-state index in [0.717, 1.165) is 17.2 Å². The van der Waals surface area contributed by atoms with Crippen LogP contribution in [0.25, 0.3) is 0 Å². The molecular weight excluding hydrogens is 318 g/mol. The highest BCUT2D eigenvalue weighted by molar-refractivity contribution is 5.92. The highest BCUT2D eigenvalue weighted by Crippen LogP contribution is 2.25. The van der Waals surface area contributed by atoms with E-state index in [1.165, 1.54) is 19.7 Å². The number of nitrogens with two attached hydrogens (primary N) is 1. The van der Waals surface area contributed by atoms with Crippen LogP contribution in [0.1, 0.15) is 5.56 Å². The summed E-state index contributed by atoms with van der Waals surface area (Å²) >= 11 is 0. The molecule has 1 aromatic heterocycles. The minimum absolute atomic E-state index is 0.308. The molecule has 7 nitrogen and oxygen atoms in total. The van der Waals surface area contributed by atoms with E-state index < -0.39 is 0 Å². The van der Waals surface area contributed by atoms with Gasteiger partial charge in [0.25, 0.3) is 0 Å². The van der Waals surface area contributed by atoms with Crippen LogP contribution in [0.2, 0.25) is 0 Å². The summed E-state index contributed by atoms with van der Waals surface area (Å²) in [6, 6.07) is 17.1. The first-order valence-electron chi connectivity index (χ1n) is 7.53. The predicted octanol–water partition coefficient (Wildman–Crippen LogP) is 3.58. The Kier molecular flexibility index (Phi) is 5.06. The van der Waals surface area contributed by atoms with Crippen molar-refractivity contribution >= 4 is 23.5 Å². The molecule has 0 fully saturated rings. The molecule has 2 aromatic carbocycles. The summed E-state index contributed by atoms with van der Waals surface area (Å²) in [4.78, 5) is 12.8. The number of hydrogen-bond donors (Lipinski definition) is 2. The third kappa shape index (κ3) is 4.23. The van der Waals surface area contributed by atoms with Crippen LogP contribution in [0, 0.1) is 0 Å². The number of para-hydroxylation sites is 1. The lowest BCUT2D eigenvalue weighted by Crippen LogP contribution is -2.05. The second-order valence-corrected chi connectivity index (χ2v) is 5.00. The molecule has 0 radical (unpaired) electrons. The minimum atomic E-state index is 0.308. The summed E-state index contributed by atoms with van der Waals surface area (Å²) in [6.07, 6.45) is 2.85. The van der Waals surface area contributed by atoms with Gasteiger partial charge in [0.15, 0.2) is 0 Å². The Labute approximate surface area is 145 Å². The molecule has 0 aliphatic rings. The van der Waals surface area contributed by atoms with Crippen molar-refractivity contribution in [2.75, 3.05) is 18.2 Å². The van der Waals surface area contributed by atoms with Crippen LogP contribution in [-0.4, -0.2) is 23.3 Å². The third-order valence-electron chi connectivity index (χ3n) is 3.30. The number of aromatic nitrogens is 2. The van der Waals surface area contributed by atoms with Crippen molar-refractivity contribution in [1.29, 1.82) is 0 Å². The van der Waals surface area contributed by atoms with Gasteiger partial charge >= 0.3 is 0 Å². The zero-order valence-corrected chi connectivity index (χ0v) is 13.6. The van der Waals surface area contributed by atoms with Gasteiger partial charge in [-0.25, -0.2) is 9.97 Å². The van der Waals surface area contributed by atoms with Gasteiger partial charge in [0.2, 0.25) is 0 Å². The van der Waals surface area contributed by atoms with Crippen molar-refractivity contribution in [3.8, 4) is 11.5 Å². The summed E-state index contributed by atoms with van der Waals surface area (Å²) < 4.78 is 5.77. The average Bonchev–Trinajstić information content (AvgIpc) is 2.64. The Bertz CT molecular complexity index is 851. The van der Waals surface area contributed by atoms with E-state index in [9.17, 15) is 0 Å². The Morgan fingerprint density at radius 1 is 1.00 bits per heavy atom. The number of anilines is 3. The second kappa shape index (κ2) is 7.78. The minimum Gasteiger partial charge on any atom is -0.457 e. The fraction of sp³-hybridized carbons (Fsp3) is 0.0556. The van der Waals surface area contributed by atoms with Gasteiger partial charge in [-0.15, -0.1) is 0 Å². The fourth-order valence-corrected chi connectivity index (χ4v) is 2.11. The monoisotopic (exact) mass is 335 g/mol. The number of hydrogen-bond acceptors (Lipinski definition) is 7. The van der Waals surface area contributed by atoms with Gasteiger partial charge in [-0.2, -0.15) is 0 Å². The van der Waals surface area contributed by atoms with Crippen LogP contribution in [0.3, 0.4) is 0 Å². The molecule has 0 atom stereocenters. The molecule has 0 bridgehead atoms. The van der Waals surface area contributed by atoms with E-state index >= 15 is 0 Å². The zero-order valence-electron chi connectivity index (χ0n) is 13.6. The standard InChI is InChI=1S/C18H17N5O2/c1-24-22-11-16-17(19)20-12-21-18(16)23-13-7-9-15(10-8-13)25-14-5-3-2-4-6-14/h2-12H,1H3,(H3,19,20,21,23). The highest BCUT2D eigenvalue weighted by atomic mass is 16.6. The summed E-state index contributed by atoms with van der Waals surface area (Å²) in [5.74, 6) is 2.36. The fourth-order valence-electron chi connectivity index (χ4n) is 2.11. The molecule has 0 spiro atoms. The van der Waals surface area contributed by atoms with Gasteiger partial charge < -0.3 is 20.6 Å². The Hall–Kier alpha value is -3.61. The summed E-state index contributed by atoms with van der Waals surface area (Å²) in [7, 11) is 1.45. The van der Waals surface area contributed by atoms with Crippen molar-refractivity contribution in [2.24, 2.45) is 5.16 Å². The molecule has 3 rings (SSSR count). The summed E-state index contributed by atoms with van der Waals surface area (Å²) in [6.45, 7) is 0. The molecule has 0 aliphatic carbocycles. The lowest BCUT2D eigenvalue weighted by Gasteiger charge is -2.10. The molecule has 0 saturated heterocycles. The first-order chi connectivity index (χ1) is 12.3. The lowest BCUT2D eigenvalue weighted by molar-refractivity contribution is 0.215. The molecule has 3 aromatic rings. The van der Waals surface area contributed by atoms with Gasteiger partial charge in [-0.1, -0.05) is 23.4 Å². The number of nitrogens with one attached hydrogen (secondary N) is 1. The van der Waals surface area contributed by atoms with Crippen molar-refractivity contribution in [1.82, 2.24) is 9.97 Å². The molecule has 0 saturated carbocycles. The van der Waals surface area contributed by atoms with E-state index in [0.29, 0.717) is 17.2 Å². The third-order valence-corrected chi connectivity index (χ3v) is 3.30. The van der Waals surface area contributed by atoms with E-state index in [4.69, 9.17) is 15.3 Å². The van der Waals surface area contributed by atoms with Crippen LogP contribution in [-0.2, 0) is 4.84 Å². The molecule has 3 N–H and O–H groups in total. The molecule has 25 heavy (non-hydrogen) atoms. The number of benzene rings is 2. The average molecular weight is 335 g/mol. The highest BCUT2D eigenvalue weighted by Gasteiger charge is 2.08. The van der Waals surface area contributed by atoms with E-state index in [-0.39, 0.29) is 0 Å². The van der Waals surface area contributed by atoms with E-state index in [2.05, 4.69) is 20.4 Å². The van der Waals surface area contributed by atoms with E-state index in [1.807, 2.05) is 54.6 Å². The lowest BCUT2D eigenvalue weighted by atomic mass is 10.2. The Balaban J connectivity index is 1.76. The number of nitrogens with zero attached hydrogens (tertiary/aromatic N) is 3. The molecule has 0 aliphatic heterocycles. The van der Waals surface area contributed by atoms with Crippen molar-refractivity contribution < 1.29 is 9.57 Å². The smallest absolute Gasteiger partial charge is 0.144 e. The second-order valence-electron chi connectivity index (χ2n) is 5.00. The molecule has 1 heterocycles. The zero-order chi connectivity index (χ0) is 17.5. The molecule has 7 heteroatoms. The molecule has 0 amide bonds. The Morgan fingerprint density at radius 3 is 2.44 bits per heavy atom. The van der Waals surface area contributed by atoms with Gasteiger partial charge in [-0.05, 0) is 36.4 Å². The van der Waals surface area contributed by atoms with Crippen molar-refractivity contribution in [2.45, 2.75) is 0 Å².